The van der Waals surface area contributed by atoms with Crippen molar-refractivity contribution >= 4 is 22.4 Å². The molecule has 1 heterocycles. The van der Waals surface area contributed by atoms with Crippen molar-refractivity contribution < 1.29 is 9.47 Å². The van der Waals surface area contributed by atoms with E-state index in [9.17, 15) is 0 Å². The highest BCUT2D eigenvalue weighted by atomic mass is 32.1. The molecule has 18 heavy (non-hydrogen) atoms. The number of hydrogen-bond donors (Lipinski definition) is 2. The highest BCUT2D eigenvalue weighted by molar-refractivity contribution is 7.10. The number of nitrogen functional groups attached to an aromatic ring is 1. The van der Waals surface area contributed by atoms with E-state index >= 15 is 0 Å². The molecule has 0 bridgehead atoms. The summed E-state index contributed by atoms with van der Waals surface area (Å²) in [4.78, 5) is 0. The molecule has 0 aliphatic carbocycles. The zero-order valence-corrected chi connectivity index (χ0v) is 11.1. The Kier molecular flexibility index (Phi) is 3.88. The van der Waals surface area contributed by atoms with Crippen LogP contribution in [0.15, 0.2) is 24.3 Å². The first-order chi connectivity index (χ1) is 8.72. The fourth-order valence-electron chi connectivity index (χ4n) is 1.55. The fourth-order valence-corrected chi connectivity index (χ4v) is 2.12. The quantitative estimate of drug-likeness (QED) is 0.868. The highest BCUT2D eigenvalue weighted by Crippen LogP contribution is 2.28. The third-order valence-corrected chi connectivity index (χ3v) is 3.20. The molecule has 1 aromatic heterocycles. The van der Waals surface area contributed by atoms with Crippen LogP contribution in [-0.2, 0) is 6.54 Å². The van der Waals surface area contributed by atoms with E-state index in [4.69, 9.17) is 15.2 Å². The molecule has 0 spiro atoms. The molecule has 6 heteroatoms. The number of ether oxygens (including phenoxy) is 2. The molecule has 0 radical (unpaired) electrons. The van der Waals surface area contributed by atoms with Crippen LogP contribution < -0.4 is 20.5 Å². The summed E-state index contributed by atoms with van der Waals surface area (Å²) in [6.07, 6.45) is 0. The second-order valence-corrected chi connectivity index (χ2v) is 4.46. The molecule has 0 saturated heterocycles. The van der Waals surface area contributed by atoms with E-state index in [0.29, 0.717) is 12.4 Å². The number of methoxy groups -OCH3 is 2. The molecule has 0 unspecified atom stereocenters. The number of aromatic nitrogens is 1. The maximum Gasteiger partial charge on any atom is 0.161 e. The second-order valence-electron chi connectivity index (χ2n) is 3.66. The molecule has 0 amide bonds. The summed E-state index contributed by atoms with van der Waals surface area (Å²) in [5.74, 6) is 1.98. The number of hydrogen-bond acceptors (Lipinski definition) is 6. The van der Waals surface area contributed by atoms with Crippen molar-refractivity contribution in [2.75, 3.05) is 25.3 Å². The van der Waals surface area contributed by atoms with Gasteiger partial charge in [0.2, 0.25) is 0 Å². The van der Waals surface area contributed by atoms with E-state index < -0.39 is 0 Å². The van der Waals surface area contributed by atoms with Crippen molar-refractivity contribution in [2.24, 2.45) is 0 Å². The van der Waals surface area contributed by atoms with Gasteiger partial charge in [-0.15, -0.1) is 0 Å². The fraction of sp³-hybridized carbons (Fsp3) is 0.250. The average molecular weight is 265 g/mol. The molecule has 0 aliphatic heterocycles. The molecule has 96 valence electrons. The number of benzene rings is 1. The van der Waals surface area contributed by atoms with Crippen LogP contribution in [-0.4, -0.2) is 18.6 Å². The highest BCUT2D eigenvalue weighted by Gasteiger charge is 2.05. The van der Waals surface area contributed by atoms with Gasteiger partial charge in [-0.25, -0.2) is 0 Å². The van der Waals surface area contributed by atoms with Crippen LogP contribution in [0.5, 0.6) is 11.5 Å². The summed E-state index contributed by atoms with van der Waals surface area (Å²) < 4.78 is 14.4. The Bertz CT molecular complexity index is 528. The normalized spacial score (nSPS) is 10.1. The van der Waals surface area contributed by atoms with Gasteiger partial charge in [0.15, 0.2) is 11.5 Å². The van der Waals surface area contributed by atoms with Crippen LogP contribution in [0.2, 0.25) is 0 Å². The molecular weight excluding hydrogens is 250 g/mol. The van der Waals surface area contributed by atoms with Crippen molar-refractivity contribution in [3.8, 4) is 11.5 Å². The lowest BCUT2D eigenvalue weighted by Gasteiger charge is -2.09. The summed E-state index contributed by atoms with van der Waals surface area (Å²) in [5, 5.41) is 4.20. The van der Waals surface area contributed by atoms with Gasteiger partial charge in [0.25, 0.3) is 0 Å². The number of nitrogens with two attached hydrogens (primary N) is 1. The van der Waals surface area contributed by atoms with Crippen molar-refractivity contribution in [1.82, 2.24) is 4.37 Å². The Morgan fingerprint density at radius 2 is 2.00 bits per heavy atom. The van der Waals surface area contributed by atoms with E-state index in [1.165, 1.54) is 11.5 Å². The van der Waals surface area contributed by atoms with Crippen molar-refractivity contribution in [3.63, 3.8) is 0 Å². The monoisotopic (exact) mass is 265 g/mol. The predicted molar refractivity (Wildman–Crippen MR) is 73.4 cm³/mol. The van der Waals surface area contributed by atoms with E-state index in [1.807, 2.05) is 24.3 Å². The van der Waals surface area contributed by atoms with Crippen LogP contribution in [0.1, 0.15) is 5.56 Å². The first-order valence-electron chi connectivity index (χ1n) is 5.40. The van der Waals surface area contributed by atoms with E-state index in [0.717, 1.165) is 22.1 Å². The smallest absolute Gasteiger partial charge is 0.161 e. The largest absolute Gasteiger partial charge is 0.493 e. The zero-order valence-electron chi connectivity index (χ0n) is 10.3. The third kappa shape index (κ3) is 2.84. The number of nitrogens with zero attached hydrogens (tertiary/aromatic N) is 1. The molecule has 2 aromatic rings. The summed E-state index contributed by atoms with van der Waals surface area (Å²) in [6.45, 7) is 0.683. The van der Waals surface area contributed by atoms with E-state index in [1.54, 1.807) is 14.2 Å². The summed E-state index contributed by atoms with van der Waals surface area (Å²) >= 11 is 1.34. The van der Waals surface area contributed by atoms with Gasteiger partial charge in [-0.1, -0.05) is 6.07 Å². The average Bonchev–Trinajstić information content (AvgIpc) is 2.81. The lowest BCUT2D eigenvalue weighted by Crippen LogP contribution is -1.99. The molecule has 0 atom stereocenters. The lowest BCUT2D eigenvalue weighted by molar-refractivity contribution is 0.354. The van der Waals surface area contributed by atoms with E-state index in [-0.39, 0.29) is 0 Å². The van der Waals surface area contributed by atoms with Gasteiger partial charge in [0.1, 0.15) is 10.8 Å². The van der Waals surface area contributed by atoms with Crippen molar-refractivity contribution in [2.45, 2.75) is 6.54 Å². The first kappa shape index (κ1) is 12.5. The summed E-state index contributed by atoms with van der Waals surface area (Å²) in [6, 6.07) is 7.62. The number of anilines is 2. The third-order valence-electron chi connectivity index (χ3n) is 2.44. The Labute approximate surface area is 110 Å². The van der Waals surface area contributed by atoms with Crippen molar-refractivity contribution in [3.05, 3.63) is 29.8 Å². The molecule has 0 aliphatic rings. The molecule has 5 nitrogen and oxygen atoms in total. The molecule has 0 fully saturated rings. The van der Waals surface area contributed by atoms with Gasteiger partial charge < -0.3 is 20.5 Å². The van der Waals surface area contributed by atoms with Crippen molar-refractivity contribution in [1.29, 1.82) is 0 Å². The minimum absolute atomic E-state index is 0.537. The van der Waals surface area contributed by atoms with Crippen LogP contribution >= 0.6 is 11.5 Å². The maximum atomic E-state index is 5.55. The number of rotatable bonds is 5. The van der Waals surface area contributed by atoms with Gasteiger partial charge in [-0.05, 0) is 29.2 Å². The topological polar surface area (TPSA) is 69.4 Å². The van der Waals surface area contributed by atoms with Crippen LogP contribution in [0.4, 0.5) is 10.8 Å². The Morgan fingerprint density at radius 3 is 2.61 bits per heavy atom. The Balaban J connectivity index is 2.05. The molecular formula is C12H15N3O2S. The maximum absolute atomic E-state index is 5.55. The Morgan fingerprint density at radius 1 is 1.22 bits per heavy atom. The van der Waals surface area contributed by atoms with Gasteiger partial charge in [0.05, 0.1) is 14.2 Å². The number of nitrogens with one attached hydrogen (secondary N) is 1. The van der Waals surface area contributed by atoms with E-state index in [2.05, 4.69) is 9.69 Å². The van der Waals surface area contributed by atoms with Gasteiger partial charge >= 0.3 is 0 Å². The second kappa shape index (κ2) is 5.59. The van der Waals surface area contributed by atoms with Crippen LogP contribution in [0, 0.1) is 0 Å². The molecule has 2 rings (SSSR count). The van der Waals surface area contributed by atoms with Crippen LogP contribution in [0.25, 0.3) is 0 Å². The zero-order chi connectivity index (χ0) is 13.0. The van der Waals surface area contributed by atoms with Crippen LogP contribution in [0.3, 0.4) is 0 Å². The molecule has 0 saturated carbocycles. The van der Waals surface area contributed by atoms with Gasteiger partial charge in [-0.3, -0.25) is 0 Å². The molecule has 3 N–H and O–H groups in total. The molecule has 1 aromatic carbocycles. The predicted octanol–water partition coefficient (Wildman–Crippen LogP) is 2.35. The lowest BCUT2D eigenvalue weighted by atomic mass is 10.2. The summed E-state index contributed by atoms with van der Waals surface area (Å²) in [5.41, 5.74) is 6.65. The minimum atomic E-state index is 0.537. The van der Waals surface area contributed by atoms with Gasteiger partial charge in [-0.2, -0.15) is 4.37 Å². The van der Waals surface area contributed by atoms with Gasteiger partial charge in [0, 0.05) is 12.6 Å². The minimum Gasteiger partial charge on any atom is -0.493 e. The first-order valence-corrected chi connectivity index (χ1v) is 6.17. The summed E-state index contributed by atoms with van der Waals surface area (Å²) in [7, 11) is 3.24. The standard InChI is InChI=1S/C12H15N3O2S/c1-16-9-4-3-8(5-10(9)17-2)7-14-12-6-11(13)15-18-12/h3-6,14H,7H2,1-2H3,(H2,13,15). The SMILES string of the molecule is COc1ccc(CNc2cc(N)ns2)cc1OC. The Hall–Kier alpha value is -1.95.